The van der Waals surface area contributed by atoms with Crippen LogP contribution in [0.3, 0.4) is 0 Å². The maximum Gasteiger partial charge on any atom is 0.239 e. The van der Waals surface area contributed by atoms with E-state index in [4.69, 9.17) is 14.2 Å². The largest absolute Gasteiger partial charge is 0.493 e. The van der Waals surface area contributed by atoms with Gasteiger partial charge in [0.05, 0.1) is 27.4 Å². The van der Waals surface area contributed by atoms with Crippen LogP contribution in [0.4, 0.5) is 0 Å². The third-order valence-electron chi connectivity index (χ3n) is 5.22. The van der Waals surface area contributed by atoms with Gasteiger partial charge in [-0.2, -0.15) is 0 Å². The maximum atomic E-state index is 12.5. The minimum Gasteiger partial charge on any atom is -0.493 e. The molecule has 0 aliphatic carbocycles. The Morgan fingerprint density at radius 1 is 1.04 bits per heavy atom. The Morgan fingerprint density at radius 3 is 2.25 bits per heavy atom. The molecule has 2 aliphatic heterocycles. The molecule has 1 aromatic rings. The lowest BCUT2D eigenvalue weighted by Gasteiger charge is -2.36. The average molecular weight is 436 g/mol. The van der Waals surface area contributed by atoms with E-state index >= 15 is 0 Å². The van der Waals surface area contributed by atoms with Crippen molar-refractivity contribution in [3.05, 3.63) is 17.7 Å². The number of benzene rings is 1. The second kappa shape index (κ2) is 11.6. The first kappa shape index (κ1) is 24.6. The van der Waals surface area contributed by atoms with E-state index in [1.165, 1.54) is 0 Å². The van der Waals surface area contributed by atoms with Crippen molar-refractivity contribution in [1.29, 1.82) is 0 Å². The van der Waals surface area contributed by atoms with Crippen molar-refractivity contribution in [1.82, 2.24) is 15.1 Å². The smallest absolute Gasteiger partial charge is 0.239 e. The van der Waals surface area contributed by atoms with Crippen molar-refractivity contribution >= 4 is 30.7 Å². The molecule has 0 radical (unpaired) electrons. The highest BCUT2D eigenvalue weighted by molar-refractivity contribution is 5.85. The van der Waals surface area contributed by atoms with Gasteiger partial charge in [-0.1, -0.05) is 6.07 Å². The molecule has 28 heavy (non-hydrogen) atoms. The lowest BCUT2D eigenvalue weighted by molar-refractivity contribution is -0.134. The van der Waals surface area contributed by atoms with E-state index in [9.17, 15) is 4.79 Å². The second-order valence-electron chi connectivity index (χ2n) is 6.74. The number of amides is 1. The fraction of sp³-hybridized carbons (Fsp3) is 0.632. The number of methoxy groups -OCH3 is 3. The molecular formula is C19H31Cl2N3O4. The van der Waals surface area contributed by atoms with E-state index in [-0.39, 0.29) is 36.8 Å². The maximum absolute atomic E-state index is 12.5. The Labute approximate surface area is 179 Å². The van der Waals surface area contributed by atoms with Gasteiger partial charge in [-0.3, -0.25) is 9.69 Å². The standard InChI is InChI=1S/C19H29N3O4.2ClH/c1-24-16-7-6-14(17(25-2)18(16)26-3)13-21-9-11-22(12-10-21)19(23)15-5-4-8-20-15;;/h6-7,15,20H,4-5,8-13H2,1-3H3;2*1H/t15-;;/m1../s1. The topological polar surface area (TPSA) is 63.3 Å². The van der Waals surface area contributed by atoms with Crippen molar-refractivity contribution in [2.45, 2.75) is 25.4 Å². The zero-order valence-corrected chi connectivity index (χ0v) is 18.4. The molecule has 2 fully saturated rings. The van der Waals surface area contributed by atoms with E-state index < -0.39 is 0 Å². The average Bonchev–Trinajstić information content (AvgIpc) is 3.22. The van der Waals surface area contributed by atoms with E-state index in [0.29, 0.717) is 17.2 Å². The van der Waals surface area contributed by atoms with Gasteiger partial charge in [0.15, 0.2) is 11.5 Å². The van der Waals surface area contributed by atoms with Gasteiger partial charge in [-0.15, -0.1) is 24.8 Å². The SMILES string of the molecule is COc1ccc(CN2CCN(C(=O)[C@H]3CCCN3)CC2)c(OC)c1OC.Cl.Cl. The molecule has 0 unspecified atom stereocenters. The molecule has 1 atom stereocenters. The zero-order valence-electron chi connectivity index (χ0n) is 16.7. The van der Waals surface area contributed by atoms with Crippen molar-refractivity contribution in [3.8, 4) is 17.2 Å². The number of carbonyl (C=O) groups excluding carboxylic acids is 1. The van der Waals surface area contributed by atoms with Gasteiger partial charge in [0.25, 0.3) is 0 Å². The lowest BCUT2D eigenvalue weighted by atomic mass is 10.1. The molecule has 0 bridgehead atoms. The number of nitrogens with one attached hydrogen (secondary N) is 1. The van der Waals surface area contributed by atoms with Gasteiger partial charge in [0.1, 0.15) is 0 Å². The number of nitrogens with zero attached hydrogens (tertiary/aromatic N) is 2. The zero-order chi connectivity index (χ0) is 18.5. The summed E-state index contributed by atoms with van der Waals surface area (Å²) in [4.78, 5) is 16.8. The summed E-state index contributed by atoms with van der Waals surface area (Å²) >= 11 is 0. The molecule has 7 nitrogen and oxygen atoms in total. The van der Waals surface area contributed by atoms with Crippen LogP contribution in [0.5, 0.6) is 17.2 Å². The highest BCUT2D eigenvalue weighted by atomic mass is 35.5. The van der Waals surface area contributed by atoms with Crippen molar-refractivity contribution in [2.75, 3.05) is 54.1 Å². The van der Waals surface area contributed by atoms with Crippen LogP contribution in [0.15, 0.2) is 12.1 Å². The Bertz CT molecular complexity index is 634. The van der Waals surface area contributed by atoms with Gasteiger partial charge in [0, 0.05) is 38.3 Å². The van der Waals surface area contributed by atoms with Crippen LogP contribution >= 0.6 is 24.8 Å². The van der Waals surface area contributed by atoms with Crippen LogP contribution in [0.25, 0.3) is 0 Å². The van der Waals surface area contributed by atoms with Crippen LogP contribution in [0.2, 0.25) is 0 Å². The number of carbonyl (C=O) groups is 1. The van der Waals surface area contributed by atoms with E-state index in [2.05, 4.69) is 10.2 Å². The molecular weight excluding hydrogens is 405 g/mol. The first-order chi connectivity index (χ1) is 12.7. The number of halogens is 2. The van der Waals surface area contributed by atoms with Gasteiger partial charge < -0.3 is 24.4 Å². The predicted octanol–water partition coefficient (Wildman–Crippen LogP) is 1.95. The fourth-order valence-electron chi connectivity index (χ4n) is 3.77. The monoisotopic (exact) mass is 435 g/mol. The molecule has 3 rings (SSSR count). The van der Waals surface area contributed by atoms with Crippen molar-refractivity contribution in [3.63, 3.8) is 0 Å². The fourth-order valence-corrected chi connectivity index (χ4v) is 3.77. The van der Waals surface area contributed by atoms with E-state index in [0.717, 1.165) is 57.7 Å². The summed E-state index contributed by atoms with van der Waals surface area (Å²) in [5.74, 6) is 2.24. The number of hydrogen-bond acceptors (Lipinski definition) is 6. The van der Waals surface area contributed by atoms with E-state index in [1.54, 1.807) is 21.3 Å². The summed E-state index contributed by atoms with van der Waals surface area (Å²) in [6.07, 6.45) is 2.05. The molecule has 1 N–H and O–H groups in total. The number of hydrogen-bond donors (Lipinski definition) is 1. The van der Waals surface area contributed by atoms with Crippen molar-refractivity contribution < 1.29 is 19.0 Å². The summed E-state index contributed by atoms with van der Waals surface area (Å²) in [7, 11) is 4.88. The summed E-state index contributed by atoms with van der Waals surface area (Å²) in [5, 5.41) is 3.30. The first-order valence-corrected chi connectivity index (χ1v) is 9.20. The molecule has 0 aromatic heterocycles. The first-order valence-electron chi connectivity index (χ1n) is 9.20. The van der Waals surface area contributed by atoms with Crippen molar-refractivity contribution in [2.24, 2.45) is 0 Å². The van der Waals surface area contributed by atoms with E-state index in [1.807, 2.05) is 17.0 Å². The molecule has 9 heteroatoms. The quantitative estimate of drug-likeness (QED) is 0.736. The number of piperazine rings is 1. The van der Waals surface area contributed by atoms with Crippen LogP contribution in [-0.4, -0.2) is 75.8 Å². The molecule has 1 amide bonds. The Hall–Kier alpha value is -1.41. The number of rotatable bonds is 6. The second-order valence-corrected chi connectivity index (χ2v) is 6.74. The molecule has 1 aromatic carbocycles. The Kier molecular flexibility index (Phi) is 10.2. The minimum atomic E-state index is 0. The normalized spacial score (nSPS) is 19.4. The molecule has 2 saturated heterocycles. The summed E-state index contributed by atoms with van der Waals surface area (Å²) in [5.41, 5.74) is 1.06. The molecule has 0 spiro atoms. The third-order valence-corrected chi connectivity index (χ3v) is 5.22. The van der Waals surface area contributed by atoms with Crippen LogP contribution in [0, 0.1) is 0 Å². The highest BCUT2D eigenvalue weighted by Crippen LogP contribution is 2.40. The Morgan fingerprint density at radius 2 is 1.71 bits per heavy atom. The van der Waals surface area contributed by atoms with Gasteiger partial charge in [-0.25, -0.2) is 0 Å². The lowest BCUT2D eigenvalue weighted by Crippen LogP contribution is -2.52. The highest BCUT2D eigenvalue weighted by Gasteiger charge is 2.29. The van der Waals surface area contributed by atoms with Gasteiger partial charge >= 0.3 is 0 Å². The Balaban J connectivity index is 0.00000196. The molecule has 2 heterocycles. The summed E-state index contributed by atoms with van der Waals surface area (Å²) < 4.78 is 16.4. The molecule has 2 aliphatic rings. The van der Waals surface area contributed by atoms with Crippen LogP contribution in [0.1, 0.15) is 18.4 Å². The summed E-state index contributed by atoms with van der Waals surface area (Å²) in [6.45, 7) is 4.97. The van der Waals surface area contributed by atoms with Crippen LogP contribution < -0.4 is 19.5 Å². The minimum absolute atomic E-state index is 0. The van der Waals surface area contributed by atoms with Gasteiger partial charge in [-0.05, 0) is 25.5 Å². The molecule has 160 valence electrons. The third kappa shape index (κ3) is 5.35. The molecule has 0 saturated carbocycles. The summed E-state index contributed by atoms with van der Waals surface area (Å²) in [6, 6.07) is 3.94. The predicted molar refractivity (Wildman–Crippen MR) is 113 cm³/mol. The van der Waals surface area contributed by atoms with Crippen LogP contribution in [-0.2, 0) is 11.3 Å². The number of ether oxygens (including phenoxy) is 3. The van der Waals surface area contributed by atoms with Gasteiger partial charge in [0.2, 0.25) is 11.7 Å².